The Bertz CT molecular complexity index is 143. The molecule has 0 amide bonds. The third kappa shape index (κ3) is 7.15. The van der Waals surface area contributed by atoms with Crippen LogP contribution in [-0.4, -0.2) is 11.5 Å². The maximum absolute atomic E-state index is 5.48. The van der Waals surface area contributed by atoms with Crippen molar-refractivity contribution in [2.45, 2.75) is 45.6 Å². The summed E-state index contributed by atoms with van der Waals surface area (Å²) in [6.45, 7) is 10.2. The Hall–Kier alpha value is 0.0500. The topological polar surface area (TPSA) is 9.23 Å². The van der Waals surface area contributed by atoms with Gasteiger partial charge in [-0.15, -0.1) is 6.58 Å². The predicted molar refractivity (Wildman–Crippen MR) is 62.2 cm³/mol. The summed E-state index contributed by atoms with van der Waals surface area (Å²) in [5, 5.41) is 0. The number of rotatable bonds is 7. The van der Waals surface area contributed by atoms with E-state index in [0.717, 1.165) is 6.42 Å². The molecule has 0 fully saturated rings. The van der Waals surface area contributed by atoms with E-state index >= 15 is 0 Å². The summed E-state index contributed by atoms with van der Waals surface area (Å²) in [4.78, 5) is 0. The molecule has 0 N–H and O–H groups in total. The van der Waals surface area contributed by atoms with Crippen molar-refractivity contribution in [1.29, 1.82) is 0 Å². The van der Waals surface area contributed by atoms with E-state index in [0.29, 0.717) is 11.9 Å². The van der Waals surface area contributed by atoms with Crippen LogP contribution in [0.5, 0.6) is 0 Å². The smallest absolute Gasteiger partial charge is 0.0899 e. The lowest BCUT2D eigenvalue weighted by Crippen LogP contribution is -2.23. The van der Waals surface area contributed by atoms with Crippen molar-refractivity contribution in [3.05, 3.63) is 12.7 Å². The summed E-state index contributed by atoms with van der Waals surface area (Å²) in [6, 6.07) is 0. The van der Waals surface area contributed by atoms with Gasteiger partial charge in [-0.3, -0.25) is 0 Å². The average Bonchev–Trinajstić information content (AvgIpc) is 2.03. The molecule has 0 radical (unpaired) electrons. The summed E-state index contributed by atoms with van der Waals surface area (Å²) in [5.41, 5.74) is -0.0252. The van der Waals surface area contributed by atoms with Gasteiger partial charge in [-0.05, 0) is 32.6 Å². The van der Waals surface area contributed by atoms with E-state index in [1.165, 1.54) is 12.8 Å². The largest absolute Gasteiger partial charge is 0.365 e. The van der Waals surface area contributed by atoms with Crippen molar-refractivity contribution in [1.82, 2.24) is 0 Å². The van der Waals surface area contributed by atoms with Crippen LogP contribution in [0.25, 0.3) is 0 Å². The van der Waals surface area contributed by atoms with Crippen LogP contribution in [0.4, 0.5) is 0 Å². The van der Waals surface area contributed by atoms with E-state index in [1.54, 1.807) is 0 Å². The minimum atomic E-state index is -0.0252. The number of hydrogen-bond acceptors (Lipinski definition) is 2. The predicted octanol–water partition coefficient (Wildman–Crippen LogP) is 3.66. The van der Waals surface area contributed by atoms with Crippen LogP contribution < -0.4 is 0 Å². The first-order valence-corrected chi connectivity index (χ1v) is 5.52. The molecule has 0 saturated carbocycles. The fourth-order valence-electron chi connectivity index (χ4n) is 1.21. The molecule has 0 aliphatic heterocycles. The van der Waals surface area contributed by atoms with Crippen LogP contribution in [0.2, 0.25) is 0 Å². The second-order valence-electron chi connectivity index (χ2n) is 4.14. The standard InChI is InChI=1S/C11H22OS/c1-5-10(2)7-6-8-11(3,4)12-9-13/h5,10,13H,1,6-9H2,2-4H3. The Balaban J connectivity index is 3.56. The zero-order valence-corrected chi connectivity index (χ0v) is 9.94. The molecule has 0 rings (SSSR count). The third-order valence-electron chi connectivity index (χ3n) is 2.30. The number of thiol groups is 1. The van der Waals surface area contributed by atoms with E-state index in [-0.39, 0.29) is 5.60 Å². The van der Waals surface area contributed by atoms with Gasteiger partial charge in [0.25, 0.3) is 0 Å². The molecule has 1 nitrogen and oxygen atoms in total. The Morgan fingerprint density at radius 1 is 1.54 bits per heavy atom. The molecule has 78 valence electrons. The van der Waals surface area contributed by atoms with Crippen molar-refractivity contribution in [2.75, 3.05) is 5.94 Å². The lowest BCUT2D eigenvalue weighted by atomic mass is 9.97. The van der Waals surface area contributed by atoms with Gasteiger partial charge in [-0.25, -0.2) is 0 Å². The lowest BCUT2D eigenvalue weighted by molar-refractivity contribution is 0.00374. The van der Waals surface area contributed by atoms with Crippen molar-refractivity contribution >= 4 is 12.6 Å². The minimum absolute atomic E-state index is 0.0252. The van der Waals surface area contributed by atoms with Crippen LogP contribution in [0.1, 0.15) is 40.0 Å². The first kappa shape index (κ1) is 13.1. The summed E-state index contributed by atoms with van der Waals surface area (Å²) in [5.74, 6) is 1.12. The van der Waals surface area contributed by atoms with Crippen LogP contribution in [0.3, 0.4) is 0 Å². The zero-order chi connectivity index (χ0) is 10.3. The van der Waals surface area contributed by atoms with Gasteiger partial charge in [-0.1, -0.05) is 19.4 Å². The highest BCUT2D eigenvalue weighted by atomic mass is 32.1. The van der Waals surface area contributed by atoms with Gasteiger partial charge in [-0.2, -0.15) is 12.6 Å². The maximum atomic E-state index is 5.48. The second kappa shape index (κ2) is 6.50. The minimum Gasteiger partial charge on any atom is -0.365 e. The fourth-order valence-corrected chi connectivity index (χ4v) is 1.56. The highest BCUT2D eigenvalue weighted by molar-refractivity contribution is 7.80. The van der Waals surface area contributed by atoms with Crippen molar-refractivity contribution < 1.29 is 4.74 Å². The van der Waals surface area contributed by atoms with Crippen molar-refractivity contribution in [3.8, 4) is 0 Å². The SMILES string of the molecule is C=CC(C)CCCC(C)(C)OCS. The first-order valence-electron chi connectivity index (χ1n) is 4.89. The van der Waals surface area contributed by atoms with Crippen LogP contribution >= 0.6 is 12.6 Å². The molecule has 0 heterocycles. The molecule has 2 heteroatoms. The van der Waals surface area contributed by atoms with Gasteiger partial charge in [0.1, 0.15) is 0 Å². The number of allylic oxidation sites excluding steroid dienone is 1. The van der Waals surface area contributed by atoms with E-state index in [9.17, 15) is 0 Å². The highest BCUT2D eigenvalue weighted by Crippen LogP contribution is 2.20. The molecule has 0 bridgehead atoms. The monoisotopic (exact) mass is 202 g/mol. The Kier molecular flexibility index (Phi) is 6.52. The second-order valence-corrected chi connectivity index (χ2v) is 4.40. The van der Waals surface area contributed by atoms with Crippen molar-refractivity contribution in [3.63, 3.8) is 0 Å². The van der Waals surface area contributed by atoms with Crippen LogP contribution in [-0.2, 0) is 4.74 Å². The molecule has 0 aliphatic carbocycles. The molecular weight excluding hydrogens is 180 g/mol. The first-order chi connectivity index (χ1) is 6.02. The molecule has 0 spiro atoms. The highest BCUT2D eigenvalue weighted by Gasteiger charge is 2.16. The molecule has 0 aromatic heterocycles. The molecular formula is C11H22OS. The Morgan fingerprint density at radius 3 is 2.62 bits per heavy atom. The van der Waals surface area contributed by atoms with Gasteiger partial charge in [0.15, 0.2) is 0 Å². The summed E-state index contributed by atoms with van der Waals surface area (Å²) < 4.78 is 5.48. The fraction of sp³-hybridized carbons (Fsp3) is 0.818. The van der Waals surface area contributed by atoms with Gasteiger partial charge in [0.05, 0.1) is 11.5 Å². The van der Waals surface area contributed by atoms with Gasteiger partial charge >= 0.3 is 0 Å². The summed E-state index contributed by atoms with van der Waals surface area (Å²) in [7, 11) is 0. The molecule has 1 atom stereocenters. The van der Waals surface area contributed by atoms with E-state index in [4.69, 9.17) is 4.74 Å². The maximum Gasteiger partial charge on any atom is 0.0899 e. The normalized spacial score (nSPS) is 14.2. The molecule has 0 aromatic carbocycles. The van der Waals surface area contributed by atoms with E-state index in [2.05, 4.69) is 40.0 Å². The van der Waals surface area contributed by atoms with E-state index < -0.39 is 0 Å². The molecule has 1 unspecified atom stereocenters. The van der Waals surface area contributed by atoms with E-state index in [1.807, 2.05) is 6.08 Å². The van der Waals surface area contributed by atoms with Crippen molar-refractivity contribution in [2.24, 2.45) is 5.92 Å². The third-order valence-corrected chi connectivity index (χ3v) is 2.43. The molecule has 0 saturated heterocycles. The quantitative estimate of drug-likeness (QED) is 0.376. The van der Waals surface area contributed by atoms with Gasteiger partial charge in [0, 0.05) is 0 Å². The van der Waals surface area contributed by atoms with Crippen LogP contribution in [0, 0.1) is 5.92 Å². The van der Waals surface area contributed by atoms with Crippen LogP contribution in [0.15, 0.2) is 12.7 Å². The zero-order valence-electron chi connectivity index (χ0n) is 9.05. The summed E-state index contributed by atoms with van der Waals surface area (Å²) >= 11 is 4.06. The lowest BCUT2D eigenvalue weighted by Gasteiger charge is -2.24. The molecule has 13 heavy (non-hydrogen) atoms. The Labute approximate surface area is 88.0 Å². The Morgan fingerprint density at radius 2 is 2.15 bits per heavy atom. The molecule has 0 aromatic rings. The van der Waals surface area contributed by atoms with Gasteiger partial charge in [0.2, 0.25) is 0 Å². The number of ether oxygens (including phenoxy) is 1. The number of hydrogen-bond donors (Lipinski definition) is 1. The summed E-state index contributed by atoms with van der Waals surface area (Å²) in [6.07, 6.45) is 5.48. The van der Waals surface area contributed by atoms with Gasteiger partial charge < -0.3 is 4.74 Å². The average molecular weight is 202 g/mol. The molecule has 0 aliphatic rings.